The van der Waals surface area contributed by atoms with Crippen molar-refractivity contribution in [2.75, 3.05) is 0 Å². The molecule has 1 heterocycles. The summed E-state index contributed by atoms with van der Waals surface area (Å²) in [7, 11) is 0. The lowest BCUT2D eigenvalue weighted by Gasteiger charge is -1.91. The van der Waals surface area contributed by atoms with Crippen LogP contribution < -0.4 is 0 Å². The molecule has 0 aliphatic rings. The van der Waals surface area contributed by atoms with Gasteiger partial charge in [-0.2, -0.15) is 0 Å². The molecule has 0 fully saturated rings. The SMILES string of the molecule is O=C(O)c1c(S)sc2ccccc12. The Labute approximate surface area is 84.2 Å². The minimum absolute atomic E-state index is 0.309. The van der Waals surface area contributed by atoms with Crippen LogP contribution in [0.3, 0.4) is 0 Å². The number of thiophene rings is 1. The summed E-state index contributed by atoms with van der Waals surface area (Å²) in [5.74, 6) is -0.914. The molecule has 2 aromatic rings. The standard InChI is InChI=1S/C9H6O2S2/c10-8(11)7-5-3-1-2-4-6(5)13-9(7)12/h1-4,12H,(H,10,11). The maximum atomic E-state index is 10.9. The van der Waals surface area contributed by atoms with Crippen molar-refractivity contribution >= 4 is 40.0 Å². The second kappa shape index (κ2) is 3.05. The molecule has 2 nitrogen and oxygen atoms in total. The van der Waals surface area contributed by atoms with Crippen molar-refractivity contribution in [1.29, 1.82) is 0 Å². The van der Waals surface area contributed by atoms with E-state index in [-0.39, 0.29) is 0 Å². The van der Waals surface area contributed by atoms with Crippen LogP contribution in [0.1, 0.15) is 10.4 Å². The van der Waals surface area contributed by atoms with Gasteiger partial charge in [0.1, 0.15) is 0 Å². The van der Waals surface area contributed by atoms with Crippen molar-refractivity contribution in [3.8, 4) is 0 Å². The van der Waals surface area contributed by atoms with Gasteiger partial charge in [0.15, 0.2) is 0 Å². The van der Waals surface area contributed by atoms with Gasteiger partial charge in [-0.25, -0.2) is 4.79 Å². The minimum atomic E-state index is -0.914. The largest absolute Gasteiger partial charge is 0.478 e. The van der Waals surface area contributed by atoms with E-state index in [1.165, 1.54) is 11.3 Å². The molecule has 0 bridgehead atoms. The van der Waals surface area contributed by atoms with Crippen LogP contribution in [0.5, 0.6) is 0 Å². The van der Waals surface area contributed by atoms with Crippen molar-refractivity contribution in [3.05, 3.63) is 29.8 Å². The molecule has 1 aromatic carbocycles. The van der Waals surface area contributed by atoms with E-state index in [1.807, 2.05) is 18.2 Å². The summed E-state index contributed by atoms with van der Waals surface area (Å²) < 4.78 is 1.53. The van der Waals surface area contributed by atoms with Crippen molar-refractivity contribution < 1.29 is 9.90 Å². The molecule has 2 rings (SSSR count). The Hall–Kier alpha value is -1.00. The molecule has 0 aliphatic heterocycles. The fraction of sp³-hybridized carbons (Fsp3) is 0. The first-order chi connectivity index (χ1) is 6.20. The number of fused-ring (bicyclic) bond motifs is 1. The van der Waals surface area contributed by atoms with E-state index in [0.717, 1.165) is 10.1 Å². The summed E-state index contributed by atoms with van der Waals surface area (Å²) >= 11 is 5.52. The van der Waals surface area contributed by atoms with E-state index >= 15 is 0 Å². The summed E-state index contributed by atoms with van der Waals surface area (Å²) in [6.45, 7) is 0. The monoisotopic (exact) mass is 210 g/mol. The molecule has 0 radical (unpaired) electrons. The van der Waals surface area contributed by atoms with E-state index < -0.39 is 5.97 Å². The molecule has 0 atom stereocenters. The summed E-state index contributed by atoms with van der Waals surface area (Å²) in [5, 5.41) is 9.68. The molecule has 0 spiro atoms. The number of benzene rings is 1. The van der Waals surface area contributed by atoms with E-state index in [4.69, 9.17) is 5.11 Å². The van der Waals surface area contributed by atoms with Crippen LogP contribution in [0.2, 0.25) is 0 Å². The highest BCUT2D eigenvalue weighted by molar-refractivity contribution is 7.83. The Morgan fingerprint density at radius 1 is 1.38 bits per heavy atom. The maximum Gasteiger partial charge on any atom is 0.338 e. The normalized spacial score (nSPS) is 10.5. The number of carboxylic acids is 1. The van der Waals surface area contributed by atoms with Crippen molar-refractivity contribution in [1.82, 2.24) is 0 Å². The third-order valence-corrected chi connectivity index (χ3v) is 3.26. The third-order valence-electron chi connectivity index (χ3n) is 1.79. The summed E-state index contributed by atoms with van der Waals surface area (Å²) in [4.78, 5) is 10.9. The van der Waals surface area contributed by atoms with Crippen molar-refractivity contribution in [3.63, 3.8) is 0 Å². The van der Waals surface area contributed by atoms with Crippen LogP contribution in [0, 0.1) is 0 Å². The van der Waals surface area contributed by atoms with E-state index in [2.05, 4.69) is 12.6 Å². The number of rotatable bonds is 1. The lowest BCUT2D eigenvalue weighted by atomic mass is 10.2. The highest BCUT2D eigenvalue weighted by Crippen LogP contribution is 2.33. The molecular formula is C9H6O2S2. The minimum Gasteiger partial charge on any atom is -0.478 e. The zero-order valence-electron chi connectivity index (χ0n) is 6.52. The number of hydrogen-bond donors (Lipinski definition) is 2. The van der Waals surface area contributed by atoms with Crippen LogP contribution in [0.25, 0.3) is 10.1 Å². The number of hydrogen-bond acceptors (Lipinski definition) is 3. The van der Waals surface area contributed by atoms with Gasteiger partial charge in [-0.05, 0) is 6.07 Å². The molecular weight excluding hydrogens is 204 g/mol. The molecule has 0 amide bonds. The predicted molar refractivity (Wildman–Crippen MR) is 56.0 cm³/mol. The van der Waals surface area contributed by atoms with Gasteiger partial charge < -0.3 is 5.11 Å². The topological polar surface area (TPSA) is 37.3 Å². The Kier molecular flexibility index (Phi) is 2.01. The average molecular weight is 210 g/mol. The first kappa shape index (κ1) is 8.59. The Bertz CT molecular complexity index is 473. The summed E-state index contributed by atoms with van der Waals surface area (Å²) in [6.07, 6.45) is 0. The molecule has 1 aromatic heterocycles. The summed E-state index contributed by atoms with van der Waals surface area (Å²) in [5.41, 5.74) is 0.309. The van der Waals surface area contributed by atoms with Gasteiger partial charge in [-0.1, -0.05) is 18.2 Å². The second-order valence-electron chi connectivity index (χ2n) is 2.58. The van der Waals surface area contributed by atoms with Gasteiger partial charge >= 0.3 is 5.97 Å². The maximum absolute atomic E-state index is 10.9. The number of thiol groups is 1. The Morgan fingerprint density at radius 3 is 2.77 bits per heavy atom. The first-order valence-corrected chi connectivity index (χ1v) is 4.90. The van der Waals surface area contributed by atoms with Crippen LogP contribution in [-0.4, -0.2) is 11.1 Å². The van der Waals surface area contributed by atoms with Crippen LogP contribution in [0.15, 0.2) is 28.5 Å². The number of carbonyl (C=O) groups is 1. The predicted octanol–water partition coefficient (Wildman–Crippen LogP) is 2.89. The molecule has 0 saturated carbocycles. The van der Waals surface area contributed by atoms with Gasteiger partial charge in [0, 0.05) is 10.1 Å². The number of carboxylic acid groups (broad SMARTS) is 1. The third kappa shape index (κ3) is 1.32. The molecule has 13 heavy (non-hydrogen) atoms. The zero-order valence-corrected chi connectivity index (χ0v) is 8.23. The number of aromatic carboxylic acids is 1. The lowest BCUT2D eigenvalue weighted by molar-refractivity contribution is 0.0696. The van der Waals surface area contributed by atoms with Crippen molar-refractivity contribution in [2.45, 2.75) is 4.21 Å². The fourth-order valence-corrected chi connectivity index (χ4v) is 2.68. The average Bonchev–Trinajstić information content (AvgIpc) is 2.39. The van der Waals surface area contributed by atoms with Crippen LogP contribution in [-0.2, 0) is 0 Å². The van der Waals surface area contributed by atoms with Gasteiger partial charge in [-0.15, -0.1) is 24.0 Å². The Balaban J connectivity index is 2.86. The fourth-order valence-electron chi connectivity index (χ4n) is 1.24. The lowest BCUT2D eigenvalue weighted by Crippen LogP contribution is -1.94. The Morgan fingerprint density at radius 2 is 2.08 bits per heavy atom. The molecule has 1 N–H and O–H groups in total. The van der Waals surface area contributed by atoms with Crippen LogP contribution in [0.4, 0.5) is 0 Å². The van der Waals surface area contributed by atoms with Gasteiger partial charge in [0.25, 0.3) is 0 Å². The molecule has 4 heteroatoms. The zero-order chi connectivity index (χ0) is 9.42. The smallest absolute Gasteiger partial charge is 0.338 e. The van der Waals surface area contributed by atoms with E-state index in [0.29, 0.717) is 9.77 Å². The van der Waals surface area contributed by atoms with Crippen molar-refractivity contribution in [2.24, 2.45) is 0 Å². The highest BCUT2D eigenvalue weighted by Gasteiger charge is 2.14. The molecule has 66 valence electrons. The van der Waals surface area contributed by atoms with Gasteiger partial charge in [0.05, 0.1) is 9.77 Å². The summed E-state index contributed by atoms with van der Waals surface area (Å²) in [6, 6.07) is 7.41. The first-order valence-electron chi connectivity index (χ1n) is 3.64. The van der Waals surface area contributed by atoms with Crippen LogP contribution >= 0.6 is 24.0 Å². The van der Waals surface area contributed by atoms with E-state index in [1.54, 1.807) is 6.07 Å². The van der Waals surface area contributed by atoms with E-state index in [9.17, 15) is 4.79 Å². The quantitative estimate of drug-likeness (QED) is 0.710. The molecule has 0 aliphatic carbocycles. The second-order valence-corrected chi connectivity index (χ2v) is 4.39. The highest BCUT2D eigenvalue weighted by atomic mass is 32.2. The van der Waals surface area contributed by atoms with Gasteiger partial charge in [-0.3, -0.25) is 0 Å². The van der Waals surface area contributed by atoms with Gasteiger partial charge in [0.2, 0.25) is 0 Å². The molecule has 0 saturated heterocycles. The molecule has 0 unspecified atom stereocenters.